The maximum Gasteiger partial charge on any atom is 0.338 e. The van der Waals surface area contributed by atoms with E-state index in [4.69, 9.17) is 9.47 Å². The minimum Gasteiger partial charge on any atom is -0.496 e. The molecular formula is C22H20N2O4. The lowest BCUT2D eigenvalue weighted by Gasteiger charge is -2.06. The van der Waals surface area contributed by atoms with Gasteiger partial charge < -0.3 is 14.8 Å². The molecule has 0 heterocycles. The summed E-state index contributed by atoms with van der Waals surface area (Å²) in [4.78, 5) is 23.9. The molecule has 28 heavy (non-hydrogen) atoms. The number of carbonyl (C=O) groups excluding carboxylic acids is 2. The van der Waals surface area contributed by atoms with Gasteiger partial charge in [0.05, 0.1) is 19.3 Å². The maximum atomic E-state index is 12.3. The fourth-order valence-corrected chi connectivity index (χ4v) is 2.32. The van der Waals surface area contributed by atoms with Crippen molar-refractivity contribution < 1.29 is 19.1 Å². The number of amides is 1. The van der Waals surface area contributed by atoms with Gasteiger partial charge in [0.25, 0.3) is 5.91 Å². The van der Waals surface area contributed by atoms with Crippen molar-refractivity contribution in [1.29, 1.82) is 5.26 Å². The van der Waals surface area contributed by atoms with Gasteiger partial charge >= 0.3 is 5.97 Å². The second-order valence-electron chi connectivity index (χ2n) is 5.55. The Bertz CT molecular complexity index is 938. The Balaban J connectivity index is 2.07. The van der Waals surface area contributed by atoms with E-state index in [2.05, 4.69) is 5.32 Å². The normalized spacial score (nSPS) is 11.0. The third-order valence-corrected chi connectivity index (χ3v) is 3.70. The zero-order valence-electron chi connectivity index (χ0n) is 15.6. The standard InChI is InChI=1S/C22H20N2O4/c1-3-28-22(26)17-11-13-19(14-12-17)24-21(25)18(15-23)9-6-8-16-7-4-5-10-20(16)27-2/h4-14H,3H2,1-2H3,(H,24,25)/b8-6+,18-9+. The van der Waals surface area contributed by atoms with Gasteiger partial charge in [-0.2, -0.15) is 5.26 Å². The molecule has 1 N–H and O–H groups in total. The van der Waals surface area contributed by atoms with E-state index in [1.165, 1.54) is 6.08 Å². The first kappa shape index (κ1) is 20.5. The van der Waals surface area contributed by atoms with Crippen LogP contribution in [-0.2, 0) is 9.53 Å². The highest BCUT2D eigenvalue weighted by atomic mass is 16.5. The molecule has 0 fully saturated rings. The second-order valence-corrected chi connectivity index (χ2v) is 5.55. The van der Waals surface area contributed by atoms with Crippen molar-refractivity contribution in [3.05, 3.63) is 77.4 Å². The van der Waals surface area contributed by atoms with Gasteiger partial charge in [0.15, 0.2) is 0 Å². The number of esters is 1. The summed E-state index contributed by atoms with van der Waals surface area (Å²) in [7, 11) is 1.57. The van der Waals surface area contributed by atoms with E-state index in [1.807, 2.05) is 30.3 Å². The first-order valence-corrected chi connectivity index (χ1v) is 8.59. The Labute approximate surface area is 163 Å². The van der Waals surface area contributed by atoms with Gasteiger partial charge in [0.2, 0.25) is 0 Å². The van der Waals surface area contributed by atoms with Crippen LogP contribution < -0.4 is 10.1 Å². The minimum absolute atomic E-state index is 0.0550. The number of nitriles is 1. The van der Waals surface area contributed by atoms with Crippen LogP contribution in [0.4, 0.5) is 5.69 Å². The van der Waals surface area contributed by atoms with Crippen LogP contribution >= 0.6 is 0 Å². The molecule has 1 amide bonds. The molecule has 2 aromatic carbocycles. The van der Waals surface area contributed by atoms with Crippen molar-refractivity contribution in [3.8, 4) is 11.8 Å². The fourth-order valence-electron chi connectivity index (χ4n) is 2.32. The van der Waals surface area contributed by atoms with Gasteiger partial charge in [0, 0.05) is 11.3 Å². The molecular weight excluding hydrogens is 356 g/mol. The largest absolute Gasteiger partial charge is 0.496 e. The van der Waals surface area contributed by atoms with Crippen molar-refractivity contribution in [2.24, 2.45) is 0 Å². The van der Waals surface area contributed by atoms with E-state index >= 15 is 0 Å². The molecule has 0 atom stereocenters. The van der Waals surface area contributed by atoms with Crippen molar-refractivity contribution in [3.63, 3.8) is 0 Å². The Kier molecular flexibility index (Phi) is 7.55. The van der Waals surface area contributed by atoms with E-state index in [9.17, 15) is 14.9 Å². The average molecular weight is 376 g/mol. The number of nitrogens with zero attached hydrogens (tertiary/aromatic N) is 1. The molecule has 0 aliphatic rings. The summed E-state index contributed by atoms with van der Waals surface area (Å²) in [5, 5.41) is 11.9. The number of hydrogen-bond donors (Lipinski definition) is 1. The summed E-state index contributed by atoms with van der Waals surface area (Å²) >= 11 is 0. The number of carbonyl (C=O) groups is 2. The molecule has 2 rings (SSSR count). The molecule has 6 heteroatoms. The van der Waals surface area contributed by atoms with Gasteiger partial charge in [-0.25, -0.2) is 4.79 Å². The molecule has 142 valence electrons. The molecule has 0 saturated heterocycles. The van der Waals surface area contributed by atoms with Crippen LogP contribution in [0.15, 0.2) is 66.3 Å². The third kappa shape index (κ3) is 5.58. The fraction of sp³-hybridized carbons (Fsp3) is 0.136. The Morgan fingerprint density at radius 2 is 1.86 bits per heavy atom. The first-order chi connectivity index (χ1) is 13.6. The van der Waals surface area contributed by atoms with Crippen LogP contribution in [0.2, 0.25) is 0 Å². The monoisotopic (exact) mass is 376 g/mol. The van der Waals surface area contributed by atoms with Crippen LogP contribution in [0.5, 0.6) is 5.75 Å². The number of anilines is 1. The number of hydrogen-bond acceptors (Lipinski definition) is 5. The Morgan fingerprint density at radius 3 is 2.50 bits per heavy atom. The number of nitrogens with one attached hydrogen (secondary N) is 1. The molecule has 0 aliphatic carbocycles. The van der Waals surface area contributed by atoms with E-state index in [1.54, 1.807) is 50.5 Å². The molecule has 0 radical (unpaired) electrons. The average Bonchev–Trinajstić information content (AvgIpc) is 2.72. The van der Waals surface area contributed by atoms with Crippen LogP contribution in [0.3, 0.4) is 0 Å². The number of allylic oxidation sites excluding steroid dienone is 2. The van der Waals surface area contributed by atoms with E-state index in [-0.39, 0.29) is 12.2 Å². The number of ether oxygens (including phenoxy) is 2. The summed E-state index contributed by atoms with van der Waals surface area (Å²) in [5.74, 6) is -0.285. The highest BCUT2D eigenvalue weighted by Gasteiger charge is 2.10. The molecule has 0 aromatic heterocycles. The SMILES string of the molecule is CCOC(=O)c1ccc(NC(=O)/C(C#N)=C/C=C/c2ccccc2OC)cc1. The quantitative estimate of drug-likeness (QED) is 0.342. The molecule has 0 bridgehead atoms. The summed E-state index contributed by atoms with van der Waals surface area (Å²) in [6.07, 6.45) is 4.78. The number of rotatable bonds is 7. The van der Waals surface area contributed by atoms with E-state index in [0.29, 0.717) is 17.0 Å². The molecule has 0 aliphatic heterocycles. The van der Waals surface area contributed by atoms with E-state index in [0.717, 1.165) is 5.56 Å². The van der Waals surface area contributed by atoms with Crippen molar-refractivity contribution in [2.75, 3.05) is 19.0 Å². The lowest BCUT2D eigenvalue weighted by molar-refractivity contribution is -0.112. The van der Waals surface area contributed by atoms with Gasteiger partial charge in [-0.3, -0.25) is 4.79 Å². The zero-order valence-corrected chi connectivity index (χ0v) is 15.6. The predicted octanol–water partition coefficient (Wildman–Crippen LogP) is 3.97. The Hall–Kier alpha value is -3.85. The second kappa shape index (κ2) is 10.3. The van der Waals surface area contributed by atoms with Crippen LogP contribution in [0.25, 0.3) is 6.08 Å². The van der Waals surface area contributed by atoms with Gasteiger partial charge in [-0.05, 0) is 43.3 Å². The topological polar surface area (TPSA) is 88.4 Å². The summed E-state index contributed by atoms with van der Waals surface area (Å²) in [5.41, 5.74) is 1.62. The maximum absolute atomic E-state index is 12.3. The first-order valence-electron chi connectivity index (χ1n) is 8.59. The smallest absolute Gasteiger partial charge is 0.338 e. The molecule has 0 unspecified atom stereocenters. The molecule has 2 aromatic rings. The summed E-state index contributed by atoms with van der Waals surface area (Å²) < 4.78 is 10.2. The van der Waals surface area contributed by atoms with Crippen LogP contribution in [0.1, 0.15) is 22.8 Å². The van der Waals surface area contributed by atoms with Crippen molar-refractivity contribution >= 4 is 23.6 Å². The Morgan fingerprint density at radius 1 is 1.14 bits per heavy atom. The lowest BCUT2D eigenvalue weighted by Crippen LogP contribution is -2.13. The molecule has 6 nitrogen and oxygen atoms in total. The summed E-state index contributed by atoms with van der Waals surface area (Å²) in [6, 6.07) is 15.5. The molecule has 0 saturated carbocycles. The van der Waals surface area contributed by atoms with Crippen LogP contribution in [0, 0.1) is 11.3 Å². The van der Waals surface area contributed by atoms with E-state index < -0.39 is 11.9 Å². The number of para-hydroxylation sites is 1. The minimum atomic E-state index is -0.545. The lowest BCUT2D eigenvalue weighted by atomic mass is 10.1. The third-order valence-electron chi connectivity index (χ3n) is 3.70. The van der Waals surface area contributed by atoms with Crippen molar-refractivity contribution in [1.82, 2.24) is 0 Å². The number of benzene rings is 2. The zero-order chi connectivity index (χ0) is 20.4. The van der Waals surface area contributed by atoms with Gasteiger partial charge in [-0.15, -0.1) is 0 Å². The number of methoxy groups -OCH3 is 1. The summed E-state index contributed by atoms with van der Waals surface area (Å²) in [6.45, 7) is 2.01. The highest BCUT2D eigenvalue weighted by Crippen LogP contribution is 2.19. The van der Waals surface area contributed by atoms with Crippen LogP contribution in [-0.4, -0.2) is 25.6 Å². The molecule has 0 spiro atoms. The van der Waals surface area contributed by atoms with Gasteiger partial charge in [0.1, 0.15) is 17.4 Å². The highest BCUT2D eigenvalue weighted by molar-refractivity contribution is 6.07. The predicted molar refractivity (Wildman–Crippen MR) is 107 cm³/mol. The van der Waals surface area contributed by atoms with Crippen molar-refractivity contribution in [2.45, 2.75) is 6.92 Å². The van der Waals surface area contributed by atoms with Gasteiger partial charge in [-0.1, -0.05) is 30.4 Å².